The van der Waals surface area contributed by atoms with Crippen molar-refractivity contribution in [3.8, 4) is 5.75 Å². The summed E-state index contributed by atoms with van der Waals surface area (Å²) in [5, 5.41) is 0. The highest BCUT2D eigenvalue weighted by Gasteiger charge is 2.51. The molecule has 7 nitrogen and oxygen atoms in total. The van der Waals surface area contributed by atoms with Crippen LogP contribution >= 0.6 is 0 Å². The summed E-state index contributed by atoms with van der Waals surface area (Å²) in [4.78, 5) is 49.9. The van der Waals surface area contributed by atoms with Gasteiger partial charge in [-0.15, -0.1) is 0 Å². The first-order valence-corrected chi connectivity index (χ1v) is 12.0. The van der Waals surface area contributed by atoms with Crippen LogP contribution in [0.15, 0.2) is 97.6 Å². The molecular weight excluding hydrogens is 466 g/mol. The fourth-order valence-corrected chi connectivity index (χ4v) is 4.69. The third-order valence-electron chi connectivity index (χ3n) is 6.52. The van der Waals surface area contributed by atoms with Crippen molar-refractivity contribution < 1.29 is 19.1 Å². The Morgan fingerprint density at radius 1 is 0.892 bits per heavy atom. The van der Waals surface area contributed by atoms with E-state index >= 15 is 0 Å². The third-order valence-corrected chi connectivity index (χ3v) is 6.52. The lowest BCUT2D eigenvalue weighted by Gasteiger charge is -2.27. The molecule has 0 spiro atoms. The number of hydrogen-bond acceptors (Lipinski definition) is 6. The molecule has 0 bridgehead atoms. The predicted molar refractivity (Wildman–Crippen MR) is 137 cm³/mol. The average molecular weight is 492 g/mol. The molecule has 1 amide bonds. The molecule has 1 fully saturated rings. The summed E-state index contributed by atoms with van der Waals surface area (Å²) in [5.41, 5.74) is 3.54. The fourth-order valence-electron chi connectivity index (χ4n) is 4.69. The molecule has 2 atom stereocenters. The second kappa shape index (κ2) is 10.5. The van der Waals surface area contributed by atoms with Crippen LogP contribution < -0.4 is 4.74 Å². The van der Waals surface area contributed by atoms with Crippen LogP contribution in [0.5, 0.6) is 5.75 Å². The number of rotatable bonds is 8. The molecule has 2 aromatic carbocycles. The Morgan fingerprint density at radius 3 is 2.35 bits per heavy atom. The molecular formula is C30H25N3O4. The zero-order valence-corrected chi connectivity index (χ0v) is 20.3. The molecule has 0 radical (unpaired) electrons. The molecule has 0 N–H and O–H groups in total. The van der Waals surface area contributed by atoms with Gasteiger partial charge in [0.05, 0.1) is 6.04 Å². The molecule has 7 heteroatoms. The lowest BCUT2D eigenvalue weighted by molar-refractivity contribution is -0.141. The van der Waals surface area contributed by atoms with Crippen LogP contribution in [0.4, 0.5) is 0 Å². The first kappa shape index (κ1) is 24.1. The molecule has 1 aliphatic rings. The number of Topliss-reactive ketones (excluding diaryl/α,β-unsaturated/α-hetero) is 2. The number of amides is 1. The minimum Gasteiger partial charge on any atom is -0.489 e. The number of aromatic nitrogens is 2. The highest BCUT2D eigenvalue weighted by molar-refractivity contribution is 6.44. The number of carbonyl (C=O) groups is 3. The summed E-state index contributed by atoms with van der Waals surface area (Å²) in [5.74, 6) is -2.32. The molecule has 1 saturated heterocycles. The van der Waals surface area contributed by atoms with E-state index in [-0.39, 0.29) is 12.3 Å². The smallest absolute Gasteiger partial charge is 0.291 e. The van der Waals surface area contributed by atoms with Gasteiger partial charge in [0.2, 0.25) is 5.78 Å². The van der Waals surface area contributed by atoms with Crippen molar-refractivity contribution in [1.82, 2.24) is 14.9 Å². The van der Waals surface area contributed by atoms with Gasteiger partial charge in [-0.1, -0.05) is 36.4 Å². The number of benzene rings is 2. The van der Waals surface area contributed by atoms with E-state index in [1.165, 1.54) is 4.90 Å². The standard InChI is InChI=1S/C30H25N3O4/c1-20-16-24(37-19-21-6-3-2-4-7-21)9-10-25(20)28(34)26-27(23-11-14-31-15-12-23)33(30(36)29(26)35)18-22-8-5-13-32-17-22/h2-17,26-27H,18-19H2,1H3. The van der Waals surface area contributed by atoms with E-state index in [1.54, 1.807) is 68.1 Å². The van der Waals surface area contributed by atoms with Gasteiger partial charge in [0.1, 0.15) is 18.3 Å². The van der Waals surface area contributed by atoms with Gasteiger partial charge in [-0.25, -0.2) is 0 Å². The van der Waals surface area contributed by atoms with Crippen LogP contribution in [0, 0.1) is 12.8 Å². The van der Waals surface area contributed by atoms with Gasteiger partial charge in [0.25, 0.3) is 5.91 Å². The highest BCUT2D eigenvalue weighted by Crippen LogP contribution is 2.39. The van der Waals surface area contributed by atoms with Crippen LogP contribution in [0.3, 0.4) is 0 Å². The lowest BCUT2D eigenvalue weighted by atomic mass is 9.85. The maximum Gasteiger partial charge on any atom is 0.291 e. The largest absolute Gasteiger partial charge is 0.489 e. The van der Waals surface area contributed by atoms with Crippen molar-refractivity contribution >= 4 is 17.5 Å². The molecule has 0 aliphatic carbocycles. The fraction of sp³-hybridized carbons (Fsp3) is 0.167. The van der Waals surface area contributed by atoms with E-state index in [2.05, 4.69) is 9.97 Å². The van der Waals surface area contributed by atoms with Gasteiger partial charge in [0, 0.05) is 36.9 Å². The molecule has 4 aromatic rings. The van der Waals surface area contributed by atoms with E-state index in [1.807, 2.05) is 36.4 Å². The van der Waals surface area contributed by atoms with Gasteiger partial charge >= 0.3 is 0 Å². The maximum absolute atomic E-state index is 13.8. The second-order valence-electron chi connectivity index (χ2n) is 8.98. The summed E-state index contributed by atoms with van der Waals surface area (Å²) in [6, 6.07) is 21.3. The van der Waals surface area contributed by atoms with Crippen molar-refractivity contribution in [2.75, 3.05) is 0 Å². The SMILES string of the molecule is Cc1cc(OCc2ccccc2)ccc1C(=O)C1C(=O)C(=O)N(Cc2cccnc2)C1c1ccncc1. The molecule has 2 aromatic heterocycles. The van der Waals surface area contributed by atoms with Crippen LogP contribution in [0.1, 0.15) is 38.7 Å². The van der Waals surface area contributed by atoms with Gasteiger partial charge < -0.3 is 9.64 Å². The minimum absolute atomic E-state index is 0.167. The van der Waals surface area contributed by atoms with Gasteiger partial charge in [-0.05, 0) is 65.6 Å². The monoisotopic (exact) mass is 491 g/mol. The number of hydrogen-bond donors (Lipinski definition) is 0. The predicted octanol–water partition coefficient (Wildman–Crippen LogP) is 4.52. The number of ether oxygens (including phenoxy) is 1. The molecule has 0 saturated carbocycles. The second-order valence-corrected chi connectivity index (χ2v) is 8.98. The van der Waals surface area contributed by atoms with E-state index in [0.29, 0.717) is 29.0 Å². The van der Waals surface area contributed by atoms with E-state index in [4.69, 9.17) is 4.74 Å². The molecule has 184 valence electrons. The minimum atomic E-state index is -1.17. The number of aryl methyl sites for hydroxylation is 1. The summed E-state index contributed by atoms with van der Waals surface area (Å²) < 4.78 is 5.89. The van der Waals surface area contributed by atoms with E-state index < -0.39 is 23.7 Å². The Balaban J connectivity index is 1.44. The zero-order valence-electron chi connectivity index (χ0n) is 20.3. The Bertz CT molecular complexity index is 1430. The number of ketones is 2. The van der Waals surface area contributed by atoms with Gasteiger partial charge in [-0.3, -0.25) is 24.4 Å². The summed E-state index contributed by atoms with van der Waals surface area (Å²) >= 11 is 0. The normalized spacial score (nSPS) is 17.2. The van der Waals surface area contributed by atoms with Crippen molar-refractivity contribution in [1.29, 1.82) is 0 Å². The van der Waals surface area contributed by atoms with Crippen molar-refractivity contribution in [2.45, 2.75) is 26.1 Å². The quantitative estimate of drug-likeness (QED) is 0.205. The molecule has 1 aliphatic heterocycles. The summed E-state index contributed by atoms with van der Waals surface area (Å²) in [6.07, 6.45) is 6.48. The summed E-state index contributed by atoms with van der Waals surface area (Å²) in [7, 11) is 0. The van der Waals surface area contributed by atoms with E-state index in [0.717, 1.165) is 11.1 Å². The first-order valence-electron chi connectivity index (χ1n) is 12.0. The van der Waals surface area contributed by atoms with Crippen LogP contribution in [-0.2, 0) is 22.7 Å². The highest BCUT2D eigenvalue weighted by atomic mass is 16.5. The number of likely N-dealkylation sites (tertiary alicyclic amines) is 1. The Kier molecular flexibility index (Phi) is 6.85. The summed E-state index contributed by atoms with van der Waals surface area (Å²) in [6.45, 7) is 2.37. The van der Waals surface area contributed by atoms with Crippen molar-refractivity contribution in [2.24, 2.45) is 5.92 Å². The zero-order chi connectivity index (χ0) is 25.8. The number of nitrogens with zero attached hydrogens (tertiary/aromatic N) is 3. The van der Waals surface area contributed by atoms with Crippen LogP contribution in [-0.4, -0.2) is 32.3 Å². The molecule has 2 unspecified atom stereocenters. The number of pyridine rings is 2. The molecule has 5 rings (SSSR count). The Hall–Kier alpha value is -4.65. The van der Waals surface area contributed by atoms with Crippen molar-refractivity contribution in [3.05, 3.63) is 125 Å². The maximum atomic E-state index is 13.8. The Morgan fingerprint density at radius 2 is 1.65 bits per heavy atom. The van der Waals surface area contributed by atoms with Crippen molar-refractivity contribution in [3.63, 3.8) is 0 Å². The van der Waals surface area contributed by atoms with Crippen LogP contribution in [0.2, 0.25) is 0 Å². The lowest BCUT2D eigenvalue weighted by Crippen LogP contribution is -2.30. The van der Waals surface area contributed by atoms with Gasteiger partial charge in [0.15, 0.2) is 5.78 Å². The number of carbonyl (C=O) groups excluding carboxylic acids is 3. The third kappa shape index (κ3) is 5.02. The molecule has 37 heavy (non-hydrogen) atoms. The Labute approximate surface area is 214 Å². The van der Waals surface area contributed by atoms with Crippen LogP contribution in [0.25, 0.3) is 0 Å². The molecule has 3 heterocycles. The van der Waals surface area contributed by atoms with E-state index in [9.17, 15) is 14.4 Å². The van der Waals surface area contributed by atoms with Gasteiger partial charge in [-0.2, -0.15) is 0 Å². The first-order chi connectivity index (χ1) is 18.0. The topological polar surface area (TPSA) is 89.5 Å². The average Bonchev–Trinajstić information content (AvgIpc) is 3.18.